The Morgan fingerprint density at radius 1 is 1.44 bits per heavy atom. The molecule has 9 heavy (non-hydrogen) atoms. The number of rotatable bonds is 4. The molecule has 0 amide bonds. The average molecular weight is 270 g/mol. The van der Waals surface area contributed by atoms with Crippen molar-refractivity contribution >= 4 is 21.9 Å². The van der Waals surface area contributed by atoms with E-state index in [9.17, 15) is 4.79 Å². The molecule has 0 aromatic carbocycles. The van der Waals surface area contributed by atoms with Crippen molar-refractivity contribution in [2.45, 2.75) is 19.3 Å². The van der Waals surface area contributed by atoms with Gasteiger partial charge >= 0.3 is 5.97 Å². The Balaban J connectivity index is 0. The van der Waals surface area contributed by atoms with E-state index in [0.717, 1.165) is 18.2 Å². The van der Waals surface area contributed by atoms with Gasteiger partial charge in [-0.3, -0.25) is 4.79 Å². The van der Waals surface area contributed by atoms with Crippen LogP contribution >= 0.6 is 15.9 Å². The topological polar surface area (TPSA) is 37.3 Å². The number of hydrogen-bond acceptors (Lipinski definition) is 1. The maximum atomic E-state index is 9.86. The van der Waals surface area contributed by atoms with Crippen LogP contribution < -0.4 is 0 Å². The van der Waals surface area contributed by atoms with Gasteiger partial charge in [-0.1, -0.05) is 15.9 Å². The van der Waals surface area contributed by atoms with Crippen LogP contribution in [-0.2, 0) is 37.5 Å². The molecule has 0 saturated carbocycles. The quantitative estimate of drug-likeness (QED) is 0.622. The van der Waals surface area contributed by atoms with Crippen molar-refractivity contribution in [2.24, 2.45) is 0 Å². The van der Waals surface area contributed by atoms with Crippen molar-refractivity contribution in [1.82, 2.24) is 0 Å². The van der Waals surface area contributed by atoms with E-state index >= 15 is 0 Å². The van der Waals surface area contributed by atoms with Crippen LogP contribution in [0.2, 0.25) is 0 Å². The van der Waals surface area contributed by atoms with Crippen molar-refractivity contribution in [3.63, 3.8) is 0 Å². The molecule has 0 bridgehead atoms. The predicted molar refractivity (Wildman–Crippen MR) is 35.3 cm³/mol. The number of alkyl halides is 1. The van der Waals surface area contributed by atoms with E-state index in [0.29, 0.717) is 6.42 Å². The van der Waals surface area contributed by atoms with Gasteiger partial charge < -0.3 is 5.11 Å². The van der Waals surface area contributed by atoms with Crippen molar-refractivity contribution in [1.29, 1.82) is 0 Å². The second-order valence-corrected chi connectivity index (χ2v) is 2.33. The van der Waals surface area contributed by atoms with Crippen LogP contribution in [0.4, 0.5) is 0 Å². The molecule has 0 aliphatic heterocycles. The van der Waals surface area contributed by atoms with Gasteiger partial charge in [-0.25, -0.2) is 0 Å². The molecule has 2 nitrogen and oxygen atoms in total. The zero-order valence-corrected chi connectivity index (χ0v) is 9.56. The Morgan fingerprint density at radius 2 is 2.00 bits per heavy atom. The van der Waals surface area contributed by atoms with Gasteiger partial charge in [-0.05, 0) is 12.8 Å². The summed E-state index contributed by atoms with van der Waals surface area (Å²) in [5.74, 6) is -0.703. The first-order chi connectivity index (χ1) is 3.77. The van der Waals surface area contributed by atoms with E-state index < -0.39 is 5.97 Å². The average Bonchev–Trinajstić information content (AvgIpc) is 1.66. The Kier molecular flexibility index (Phi) is 12.8. The standard InChI is InChI=1S/C5H9BrO2.Y/c6-4-2-1-3-5(7)8;/h1-4H2,(H,7,8);. The minimum absolute atomic E-state index is 0. The molecule has 0 aliphatic carbocycles. The molecule has 1 radical (unpaired) electrons. The fraction of sp³-hybridized carbons (Fsp3) is 0.800. The van der Waals surface area contributed by atoms with Gasteiger partial charge in [-0.15, -0.1) is 0 Å². The second-order valence-electron chi connectivity index (χ2n) is 1.54. The van der Waals surface area contributed by atoms with Crippen LogP contribution in [0.15, 0.2) is 0 Å². The van der Waals surface area contributed by atoms with E-state index in [-0.39, 0.29) is 32.7 Å². The minimum Gasteiger partial charge on any atom is -0.481 e. The first kappa shape index (κ1) is 12.7. The third-order valence-electron chi connectivity index (χ3n) is 0.774. The molecule has 0 unspecified atom stereocenters. The summed E-state index contributed by atoms with van der Waals surface area (Å²) in [6.07, 6.45) is 2.03. The molecule has 0 aliphatic rings. The molecule has 0 heterocycles. The zero-order valence-electron chi connectivity index (χ0n) is 5.14. The fourth-order valence-corrected chi connectivity index (χ4v) is 0.767. The predicted octanol–water partition coefficient (Wildman–Crippen LogP) is 1.63. The summed E-state index contributed by atoms with van der Waals surface area (Å²) in [6.45, 7) is 0. The van der Waals surface area contributed by atoms with Crippen molar-refractivity contribution < 1.29 is 42.6 Å². The minimum atomic E-state index is -0.703. The second kappa shape index (κ2) is 9.05. The van der Waals surface area contributed by atoms with Gasteiger partial charge in [0.25, 0.3) is 0 Å². The molecule has 0 fully saturated rings. The number of carboxylic acids is 1. The Morgan fingerprint density at radius 3 is 2.33 bits per heavy atom. The zero-order chi connectivity index (χ0) is 6.41. The van der Waals surface area contributed by atoms with Crippen LogP contribution in [0.1, 0.15) is 19.3 Å². The molecule has 0 spiro atoms. The monoisotopic (exact) mass is 269 g/mol. The van der Waals surface area contributed by atoms with Crippen molar-refractivity contribution in [3.05, 3.63) is 0 Å². The Hall–Kier alpha value is 1.05. The van der Waals surface area contributed by atoms with Gasteiger partial charge in [0, 0.05) is 44.5 Å². The van der Waals surface area contributed by atoms with E-state index in [1.807, 2.05) is 0 Å². The third-order valence-corrected chi connectivity index (χ3v) is 1.34. The van der Waals surface area contributed by atoms with E-state index in [1.54, 1.807) is 0 Å². The smallest absolute Gasteiger partial charge is 0.303 e. The molecule has 0 aromatic heterocycles. The summed E-state index contributed by atoms with van der Waals surface area (Å²) in [6, 6.07) is 0. The maximum Gasteiger partial charge on any atom is 0.303 e. The normalized spacial score (nSPS) is 8.11. The van der Waals surface area contributed by atoms with Crippen molar-refractivity contribution in [3.8, 4) is 0 Å². The number of carbonyl (C=O) groups is 1. The fourth-order valence-electron chi connectivity index (χ4n) is 0.371. The van der Waals surface area contributed by atoms with Crippen molar-refractivity contribution in [2.75, 3.05) is 5.33 Å². The van der Waals surface area contributed by atoms with Gasteiger partial charge in [0.1, 0.15) is 0 Å². The van der Waals surface area contributed by atoms with Crippen LogP contribution in [0.25, 0.3) is 0 Å². The summed E-state index contributed by atoms with van der Waals surface area (Å²) >= 11 is 3.21. The van der Waals surface area contributed by atoms with Crippen LogP contribution in [0.3, 0.4) is 0 Å². The number of aliphatic carboxylic acids is 1. The SMILES string of the molecule is O=C(O)CCCCBr.[Y]. The summed E-state index contributed by atoms with van der Waals surface area (Å²) in [5, 5.41) is 9.03. The molecule has 51 valence electrons. The van der Waals surface area contributed by atoms with E-state index in [4.69, 9.17) is 5.11 Å². The third kappa shape index (κ3) is 12.3. The van der Waals surface area contributed by atoms with Crippen LogP contribution in [0.5, 0.6) is 0 Å². The molecule has 0 saturated heterocycles. The maximum absolute atomic E-state index is 9.86. The molecule has 4 heteroatoms. The van der Waals surface area contributed by atoms with Gasteiger partial charge in [0.15, 0.2) is 0 Å². The number of unbranched alkanes of at least 4 members (excludes halogenated alkanes) is 1. The molecular formula is C5H9BrO2Y. The molecule has 0 atom stereocenters. The summed E-state index contributed by atoms with van der Waals surface area (Å²) < 4.78 is 0. The van der Waals surface area contributed by atoms with E-state index in [1.165, 1.54) is 0 Å². The van der Waals surface area contributed by atoms with Gasteiger partial charge in [0.2, 0.25) is 0 Å². The largest absolute Gasteiger partial charge is 0.481 e. The first-order valence-corrected chi connectivity index (χ1v) is 3.67. The summed E-state index contributed by atoms with van der Waals surface area (Å²) in [4.78, 5) is 9.86. The number of carboxylic acid groups (broad SMARTS) is 1. The number of hydrogen-bond donors (Lipinski definition) is 1. The summed E-state index contributed by atoms with van der Waals surface area (Å²) in [7, 11) is 0. The van der Waals surface area contributed by atoms with Gasteiger partial charge in [0.05, 0.1) is 0 Å². The van der Waals surface area contributed by atoms with Gasteiger partial charge in [-0.2, -0.15) is 0 Å². The molecule has 0 rings (SSSR count). The molecular weight excluding hydrogens is 261 g/mol. The van der Waals surface area contributed by atoms with Crippen LogP contribution in [-0.4, -0.2) is 16.4 Å². The summed E-state index contributed by atoms with van der Waals surface area (Å²) in [5.41, 5.74) is 0. The van der Waals surface area contributed by atoms with E-state index in [2.05, 4.69) is 15.9 Å². The van der Waals surface area contributed by atoms with Crippen LogP contribution in [0, 0.1) is 0 Å². The number of halogens is 1. The Labute approximate surface area is 88.4 Å². The Bertz CT molecular complexity index is 77.4. The first-order valence-electron chi connectivity index (χ1n) is 2.55. The molecule has 1 N–H and O–H groups in total. The molecule has 0 aromatic rings.